The molecule has 2 N–H and O–H groups in total. The van der Waals surface area contributed by atoms with Crippen LogP contribution in [0.2, 0.25) is 0 Å². The van der Waals surface area contributed by atoms with Gasteiger partial charge in [0.25, 0.3) is 0 Å². The number of hydrogen-bond acceptors (Lipinski definition) is 4. The molecule has 7 heteroatoms. The fraction of sp³-hybridized carbons (Fsp3) is 0.238. The Morgan fingerprint density at radius 1 is 1.00 bits per heavy atom. The lowest BCUT2D eigenvalue weighted by molar-refractivity contribution is 0.236. The second-order valence-corrected chi connectivity index (χ2v) is 10.9. The number of hydrogen-bond donors (Lipinski definition) is 2. The van der Waals surface area contributed by atoms with Crippen molar-refractivity contribution in [1.29, 1.82) is 0 Å². The highest BCUT2D eigenvalue weighted by atomic mass is 79.9. The first-order valence-corrected chi connectivity index (χ1v) is 12.1. The molecule has 0 fully saturated rings. The summed E-state index contributed by atoms with van der Waals surface area (Å²) in [5.41, 5.74) is 3.23. The predicted octanol–water partition coefficient (Wildman–Crippen LogP) is 5.01. The maximum absolute atomic E-state index is 12.7. The molecule has 2 atom stereocenters. The van der Waals surface area contributed by atoms with Crippen molar-refractivity contribution < 1.29 is 13.5 Å². The first-order chi connectivity index (χ1) is 13.4. The molecule has 1 aromatic heterocycles. The van der Waals surface area contributed by atoms with Crippen LogP contribution in [-0.2, 0) is 10.0 Å². The third kappa shape index (κ3) is 4.90. The molecular weight excluding hydrogens is 458 g/mol. The van der Waals surface area contributed by atoms with Crippen LogP contribution in [0, 0.1) is 0 Å². The number of thiophene rings is 1. The first kappa shape index (κ1) is 21.2. The van der Waals surface area contributed by atoms with E-state index >= 15 is 0 Å². The highest BCUT2D eigenvalue weighted by Gasteiger charge is 2.27. The number of sulfonamides is 1. The number of aliphatic hydroxyl groups excluding tert-OH is 1. The molecule has 4 nitrogen and oxygen atoms in total. The lowest BCUT2D eigenvalue weighted by atomic mass is 9.89. The van der Waals surface area contributed by atoms with Gasteiger partial charge in [-0.2, -0.15) is 0 Å². The molecule has 1 heterocycles. The predicted molar refractivity (Wildman–Crippen MR) is 118 cm³/mol. The van der Waals surface area contributed by atoms with Gasteiger partial charge < -0.3 is 5.11 Å². The van der Waals surface area contributed by atoms with Crippen molar-refractivity contribution in [2.45, 2.75) is 29.5 Å². The Labute approximate surface area is 178 Å². The van der Waals surface area contributed by atoms with Crippen molar-refractivity contribution in [3.8, 4) is 11.1 Å². The molecule has 0 amide bonds. The summed E-state index contributed by atoms with van der Waals surface area (Å²) < 4.78 is 29.0. The number of aliphatic hydroxyl groups is 1. The van der Waals surface area contributed by atoms with E-state index in [1.165, 1.54) is 0 Å². The summed E-state index contributed by atoms with van der Waals surface area (Å²) in [4.78, 5) is 0. The molecule has 0 unspecified atom stereocenters. The topological polar surface area (TPSA) is 66.4 Å². The second kappa shape index (κ2) is 9.33. The standard InChI is InChI=1S/C21H22BrNO3S2/c1-2-18(17-10-8-16(9-11-17)15-6-4-3-5-7-15)19(14-24)23-28(25,26)21-13-12-20(22)27-21/h3-13,18-19,23-24H,2,14H2,1H3/t18-,19+/m1/s1. The van der Waals surface area contributed by atoms with Gasteiger partial charge in [0, 0.05) is 5.92 Å². The highest BCUT2D eigenvalue weighted by molar-refractivity contribution is 9.11. The van der Waals surface area contributed by atoms with E-state index in [4.69, 9.17) is 0 Å². The normalized spacial score (nSPS) is 14.0. The molecule has 0 aliphatic heterocycles. The van der Waals surface area contributed by atoms with Gasteiger partial charge in [0.15, 0.2) is 0 Å². The van der Waals surface area contributed by atoms with E-state index < -0.39 is 16.1 Å². The summed E-state index contributed by atoms with van der Waals surface area (Å²) in [6.45, 7) is 1.72. The van der Waals surface area contributed by atoms with Crippen molar-refractivity contribution in [3.05, 3.63) is 76.1 Å². The van der Waals surface area contributed by atoms with Crippen molar-refractivity contribution >= 4 is 37.3 Å². The van der Waals surface area contributed by atoms with E-state index in [9.17, 15) is 13.5 Å². The van der Waals surface area contributed by atoms with Crippen molar-refractivity contribution in [2.24, 2.45) is 0 Å². The maximum Gasteiger partial charge on any atom is 0.250 e. The van der Waals surface area contributed by atoms with Gasteiger partial charge >= 0.3 is 0 Å². The Kier molecular flexibility index (Phi) is 7.06. The summed E-state index contributed by atoms with van der Waals surface area (Å²) in [6.07, 6.45) is 0.701. The van der Waals surface area contributed by atoms with Gasteiger partial charge in [-0.15, -0.1) is 11.3 Å². The molecule has 148 valence electrons. The van der Waals surface area contributed by atoms with Gasteiger partial charge in [0.2, 0.25) is 10.0 Å². The molecule has 3 rings (SSSR count). The van der Waals surface area contributed by atoms with Crippen LogP contribution in [0.1, 0.15) is 24.8 Å². The molecule has 0 saturated carbocycles. The summed E-state index contributed by atoms with van der Waals surface area (Å²) in [7, 11) is -3.69. The SMILES string of the molecule is CC[C@H](c1ccc(-c2ccccc2)cc1)[C@H](CO)NS(=O)(=O)c1ccc(Br)s1. The van der Waals surface area contributed by atoms with Gasteiger partial charge in [-0.25, -0.2) is 13.1 Å². The molecule has 3 aromatic rings. The minimum Gasteiger partial charge on any atom is -0.395 e. The van der Waals surface area contributed by atoms with Gasteiger partial charge in [-0.1, -0.05) is 61.5 Å². The van der Waals surface area contributed by atoms with Crippen LogP contribution < -0.4 is 4.72 Å². The number of benzene rings is 2. The van der Waals surface area contributed by atoms with E-state index in [1.807, 2.05) is 49.4 Å². The maximum atomic E-state index is 12.7. The average Bonchev–Trinajstić information content (AvgIpc) is 3.16. The monoisotopic (exact) mass is 479 g/mol. The Morgan fingerprint density at radius 2 is 1.64 bits per heavy atom. The third-order valence-electron chi connectivity index (χ3n) is 4.69. The minimum absolute atomic E-state index is 0.131. The van der Waals surface area contributed by atoms with Gasteiger partial charge in [-0.3, -0.25) is 0 Å². The Hall–Kier alpha value is -1.51. The largest absolute Gasteiger partial charge is 0.395 e. The summed E-state index contributed by atoms with van der Waals surface area (Å²) >= 11 is 4.44. The smallest absolute Gasteiger partial charge is 0.250 e. The quantitative estimate of drug-likeness (QED) is 0.476. The molecule has 0 saturated heterocycles. The Bertz CT molecular complexity index is 1000. The minimum atomic E-state index is -3.69. The molecule has 0 aliphatic rings. The fourth-order valence-corrected chi connectivity index (χ4v) is 6.55. The van der Waals surface area contributed by atoms with Gasteiger partial charge in [0.05, 0.1) is 16.4 Å². The average molecular weight is 480 g/mol. The molecule has 0 spiro atoms. The lowest BCUT2D eigenvalue weighted by Gasteiger charge is -2.26. The van der Waals surface area contributed by atoms with Crippen molar-refractivity contribution in [2.75, 3.05) is 6.61 Å². The van der Waals surface area contributed by atoms with E-state index in [0.717, 1.165) is 31.8 Å². The van der Waals surface area contributed by atoms with Gasteiger partial charge in [-0.05, 0) is 51.2 Å². The van der Waals surface area contributed by atoms with Crippen LogP contribution >= 0.6 is 27.3 Å². The fourth-order valence-electron chi connectivity index (χ4n) is 3.25. The van der Waals surface area contributed by atoms with E-state index in [1.54, 1.807) is 12.1 Å². The Balaban J connectivity index is 1.82. The van der Waals surface area contributed by atoms with Crippen LogP contribution in [0.3, 0.4) is 0 Å². The zero-order valence-electron chi connectivity index (χ0n) is 15.4. The van der Waals surface area contributed by atoms with Gasteiger partial charge in [0.1, 0.15) is 4.21 Å². The zero-order chi connectivity index (χ0) is 20.1. The van der Waals surface area contributed by atoms with E-state index in [2.05, 4.69) is 32.8 Å². The Morgan fingerprint density at radius 3 is 2.18 bits per heavy atom. The van der Waals surface area contributed by atoms with Crippen LogP contribution in [0.25, 0.3) is 11.1 Å². The highest BCUT2D eigenvalue weighted by Crippen LogP contribution is 2.30. The van der Waals surface area contributed by atoms with Crippen LogP contribution in [0.5, 0.6) is 0 Å². The van der Waals surface area contributed by atoms with E-state index in [0.29, 0.717) is 6.42 Å². The third-order valence-corrected chi connectivity index (χ3v) is 8.29. The van der Waals surface area contributed by atoms with Crippen molar-refractivity contribution in [1.82, 2.24) is 4.72 Å². The molecule has 2 aromatic carbocycles. The number of halogens is 1. The zero-order valence-corrected chi connectivity index (χ0v) is 18.6. The molecular formula is C21H22BrNO3S2. The number of rotatable bonds is 8. The summed E-state index contributed by atoms with van der Waals surface area (Å²) in [6, 6.07) is 20.8. The lowest BCUT2D eigenvalue weighted by Crippen LogP contribution is -2.41. The first-order valence-electron chi connectivity index (χ1n) is 8.98. The summed E-state index contributed by atoms with van der Waals surface area (Å²) in [5, 5.41) is 9.90. The molecule has 0 bridgehead atoms. The second-order valence-electron chi connectivity index (χ2n) is 6.47. The van der Waals surface area contributed by atoms with E-state index in [-0.39, 0.29) is 16.7 Å². The van der Waals surface area contributed by atoms with Crippen LogP contribution in [0.15, 0.2) is 74.7 Å². The molecule has 0 radical (unpaired) electrons. The van der Waals surface area contributed by atoms with Crippen LogP contribution in [0.4, 0.5) is 0 Å². The van der Waals surface area contributed by atoms with Crippen molar-refractivity contribution in [3.63, 3.8) is 0 Å². The number of nitrogens with one attached hydrogen (secondary N) is 1. The van der Waals surface area contributed by atoms with Crippen LogP contribution in [-0.4, -0.2) is 26.2 Å². The molecule has 0 aliphatic carbocycles. The summed E-state index contributed by atoms with van der Waals surface area (Å²) in [5.74, 6) is -0.131. The molecule has 28 heavy (non-hydrogen) atoms.